The number of anilines is 1. The predicted molar refractivity (Wildman–Crippen MR) is 55.1 cm³/mol. The third-order valence-corrected chi connectivity index (χ3v) is 2.05. The zero-order valence-electron chi connectivity index (χ0n) is 7.71. The van der Waals surface area contributed by atoms with Crippen LogP contribution in [0.25, 0.3) is 6.08 Å². The number of rotatable bonds is 2. The van der Waals surface area contributed by atoms with Crippen molar-refractivity contribution in [3.63, 3.8) is 0 Å². The van der Waals surface area contributed by atoms with E-state index in [1.54, 1.807) is 0 Å². The Hall–Kier alpha value is -1.44. The van der Waals surface area contributed by atoms with Crippen LogP contribution in [0.15, 0.2) is 24.3 Å². The molecule has 0 bridgehead atoms. The van der Waals surface area contributed by atoms with Gasteiger partial charge in [0.25, 0.3) is 0 Å². The Morgan fingerprint density at radius 3 is 3.23 bits per heavy atom. The van der Waals surface area contributed by atoms with Crippen molar-refractivity contribution in [2.24, 2.45) is 0 Å². The van der Waals surface area contributed by atoms with Crippen molar-refractivity contribution in [1.82, 2.24) is 0 Å². The van der Waals surface area contributed by atoms with Gasteiger partial charge in [0.05, 0.1) is 12.3 Å². The molecule has 1 N–H and O–H groups in total. The summed E-state index contributed by atoms with van der Waals surface area (Å²) >= 11 is 0. The van der Waals surface area contributed by atoms with E-state index in [0.29, 0.717) is 6.61 Å². The molecular formula is C11H13NO. The quantitative estimate of drug-likeness (QED) is 0.745. The lowest BCUT2D eigenvalue weighted by atomic mass is 10.1. The van der Waals surface area contributed by atoms with E-state index < -0.39 is 0 Å². The van der Waals surface area contributed by atoms with Crippen LogP contribution >= 0.6 is 0 Å². The lowest BCUT2D eigenvalue weighted by Gasteiger charge is -2.16. The average Bonchev–Trinajstić information content (AvgIpc) is 2.19. The molecule has 1 aliphatic rings. The number of hydrogen-bond acceptors (Lipinski definition) is 2. The highest BCUT2D eigenvalue weighted by Crippen LogP contribution is 2.31. The molecule has 0 saturated heterocycles. The Balaban J connectivity index is 2.41. The van der Waals surface area contributed by atoms with Gasteiger partial charge in [0.2, 0.25) is 0 Å². The topological polar surface area (TPSA) is 21.3 Å². The average molecular weight is 175 g/mol. The summed E-state index contributed by atoms with van der Waals surface area (Å²) in [6, 6.07) is 6.09. The molecule has 1 heterocycles. The van der Waals surface area contributed by atoms with Gasteiger partial charge in [-0.05, 0) is 13.0 Å². The molecule has 0 aromatic heterocycles. The number of ether oxygens (including phenoxy) is 1. The molecule has 2 rings (SSSR count). The van der Waals surface area contributed by atoms with E-state index in [1.165, 1.54) is 5.56 Å². The summed E-state index contributed by atoms with van der Waals surface area (Å²) in [5.41, 5.74) is 2.32. The first-order chi connectivity index (χ1) is 6.42. The number of benzene rings is 1. The second kappa shape index (κ2) is 3.52. The van der Waals surface area contributed by atoms with E-state index in [1.807, 2.05) is 19.1 Å². The predicted octanol–water partition coefficient (Wildman–Crippen LogP) is 2.52. The number of nitrogens with one attached hydrogen (secondary N) is 1. The second-order valence-corrected chi connectivity index (χ2v) is 2.94. The first kappa shape index (κ1) is 8.17. The molecule has 1 aromatic carbocycles. The Morgan fingerprint density at radius 2 is 2.38 bits per heavy atom. The molecule has 0 unspecified atom stereocenters. The van der Waals surface area contributed by atoms with Crippen LogP contribution in [-0.2, 0) is 0 Å². The summed E-state index contributed by atoms with van der Waals surface area (Å²) in [4.78, 5) is 0. The summed E-state index contributed by atoms with van der Waals surface area (Å²) in [7, 11) is 0. The number of hydrogen-bond donors (Lipinski definition) is 1. The minimum atomic E-state index is 0.710. The molecule has 0 fully saturated rings. The van der Waals surface area contributed by atoms with E-state index in [9.17, 15) is 0 Å². The summed E-state index contributed by atoms with van der Waals surface area (Å²) in [6.45, 7) is 3.59. The van der Waals surface area contributed by atoms with Gasteiger partial charge in [0, 0.05) is 12.1 Å². The Kier molecular flexibility index (Phi) is 2.21. The number of para-hydroxylation sites is 1. The molecule has 0 radical (unpaired) electrons. The minimum Gasteiger partial charge on any atom is -0.492 e. The van der Waals surface area contributed by atoms with Gasteiger partial charge < -0.3 is 10.1 Å². The molecule has 2 nitrogen and oxygen atoms in total. The van der Waals surface area contributed by atoms with Gasteiger partial charge >= 0.3 is 0 Å². The zero-order valence-corrected chi connectivity index (χ0v) is 7.71. The maximum Gasteiger partial charge on any atom is 0.142 e. The van der Waals surface area contributed by atoms with Crippen molar-refractivity contribution < 1.29 is 4.74 Å². The molecule has 0 saturated carbocycles. The van der Waals surface area contributed by atoms with Crippen molar-refractivity contribution in [3.05, 3.63) is 29.8 Å². The fraction of sp³-hybridized carbons (Fsp3) is 0.273. The van der Waals surface area contributed by atoms with Crippen molar-refractivity contribution in [2.75, 3.05) is 18.5 Å². The van der Waals surface area contributed by atoms with E-state index >= 15 is 0 Å². The monoisotopic (exact) mass is 175 g/mol. The molecule has 1 aromatic rings. The van der Waals surface area contributed by atoms with Crippen LogP contribution in [0.2, 0.25) is 0 Å². The van der Waals surface area contributed by atoms with Crippen LogP contribution in [0.5, 0.6) is 5.75 Å². The molecule has 0 spiro atoms. The van der Waals surface area contributed by atoms with Crippen LogP contribution in [0, 0.1) is 0 Å². The van der Waals surface area contributed by atoms with E-state index in [0.717, 1.165) is 18.0 Å². The third-order valence-electron chi connectivity index (χ3n) is 2.05. The van der Waals surface area contributed by atoms with Gasteiger partial charge in [0.15, 0.2) is 0 Å². The third kappa shape index (κ3) is 1.52. The molecule has 13 heavy (non-hydrogen) atoms. The first-order valence-corrected chi connectivity index (χ1v) is 4.58. The maximum absolute atomic E-state index is 5.51. The van der Waals surface area contributed by atoms with Gasteiger partial charge in [-0.3, -0.25) is 0 Å². The fourth-order valence-electron chi connectivity index (χ4n) is 1.50. The highest BCUT2D eigenvalue weighted by Gasteiger charge is 2.08. The Bertz CT molecular complexity index is 331. The normalized spacial score (nSPS) is 13.3. The molecule has 0 atom stereocenters. The molecule has 0 aliphatic carbocycles. The highest BCUT2D eigenvalue weighted by atomic mass is 16.5. The number of fused-ring (bicyclic) bond motifs is 1. The summed E-state index contributed by atoms with van der Waals surface area (Å²) < 4.78 is 5.51. The van der Waals surface area contributed by atoms with E-state index in [2.05, 4.69) is 23.5 Å². The lowest BCUT2D eigenvalue weighted by Crippen LogP contribution is -2.06. The Labute approximate surface area is 78.2 Å². The minimum absolute atomic E-state index is 0.710. The van der Waals surface area contributed by atoms with Gasteiger partial charge in [-0.25, -0.2) is 0 Å². The van der Waals surface area contributed by atoms with Gasteiger partial charge in [-0.1, -0.05) is 24.3 Å². The van der Waals surface area contributed by atoms with Crippen molar-refractivity contribution >= 4 is 11.8 Å². The van der Waals surface area contributed by atoms with Gasteiger partial charge in [-0.15, -0.1) is 0 Å². The largest absolute Gasteiger partial charge is 0.492 e. The fourth-order valence-corrected chi connectivity index (χ4v) is 1.50. The van der Waals surface area contributed by atoms with Gasteiger partial charge in [0.1, 0.15) is 5.75 Å². The van der Waals surface area contributed by atoms with Crippen LogP contribution in [0.1, 0.15) is 12.5 Å². The van der Waals surface area contributed by atoms with Gasteiger partial charge in [-0.2, -0.15) is 0 Å². The van der Waals surface area contributed by atoms with Crippen LogP contribution in [-0.4, -0.2) is 13.2 Å². The van der Waals surface area contributed by atoms with Crippen LogP contribution in [0.4, 0.5) is 5.69 Å². The zero-order chi connectivity index (χ0) is 9.10. The standard InChI is InChI=1S/C11H13NO/c1-2-13-10-7-3-5-9-6-4-8-12-11(9)10/h3-7,12H,2,8H2,1H3. The molecule has 0 amide bonds. The van der Waals surface area contributed by atoms with Crippen LogP contribution < -0.4 is 10.1 Å². The SMILES string of the molecule is CCOc1cccc2c1NCC=C2. The summed E-state index contributed by atoms with van der Waals surface area (Å²) in [5.74, 6) is 0.948. The smallest absolute Gasteiger partial charge is 0.142 e. The molecule has 1 aliphatic heterocycles. The Morgan fingerprint density at radius 1 is 1.46 bits per heavy atom. The molecular weight excluding hydrogens is 162 g/mol. The summed E-state index contributed by atoms with van der Waals surface area (Å²) in [6.07, 6.45) is 4.23. The second-order valence-electron chi connectivity index (χ2n) is 2.94. The van der Waals surface area contributed by atoms with Crippen molar-refractivity contribution in [2.45, 2.75) is 6.92 Å². The van der Waals surface area contributed by atoms with Crippen molar-refractivity contribution in [3.8, 4) is 5.75 Å². The van der Waals surface area contributed by atoms with Crippen LogP contribution in [0.3, 0.4) is 0 Å². The summed E-state index contributed by atoms with van der Waals surface area (Å²) in [5, 5.41) is 3.30. The molecule has 68 valence electrons. The van der Waals surface area contributed by atoms with E-state index in [-0.39, 0.29) is 0 Å². The van der Waals surface area contributed by atoms with Crippen molar-refractivity contribution in [1.29, 1.82) is 0 Å². The first-order valence-electron chi connectivity index (χ1n) is 4.58. The highest BCUT2D eigenvalue weighted by molar-refractivity contribution is 5.75. The van der Waals surface area contributed by atoms with E-state index in [4.69, 9.17) is 4.74 Å². The maximum atomic E-state index is 5.51. The lowest BCUT2D eigenvalue weighted by molar-refractivity contribution is 0.341. The molecule has 2 heteroatoms.